The second kappa shape index (κ2) is 6.89. The Hall–Kier alpha value is -1.10. The Morgan fingerprint density at radius 3 is 2.89 bits per heavy atom. The van der Waals surface area contributed by atoms with E-state index in [1.54, 1.807) is 6.92 Å². The smallest absolute Gasteiger partial charge is 0.0781 e. The Morgan fingerprint density at radius 2 is 2.21 bits per heavy atom. The fraction of sp³-hybridized carbons (Fsp3) is 0.600. The van der Waals surface area contributed by atoms with Gasteiger partial charge in [-0.2, -0.15) is 0 Å². The first-order valence-electron chi connectivity index (χ1n) is 7.01. The van der Waals surface area contributed by atoms with Crippen LogP contribution in [-0.4, -0.2) is 36.9 Å². The fourth-order valence-electron chi connectivity index (χ4n) is 2.52. The number of hydrogen-bond donors (Lipinski definition) is 3. The number of para-hydroxylation sites is 1. The summed E-state index contributed by atoms with van der Waals surface area (Å²) in [5.74, 6) is 0. The van der Waals surface area contributed by atoms with Gasteiger partial charge < -0.3 is 20.5 Å². The van der Waals surface area contributed by atoms with Crippen LogP contribution in [0.25, 0.3) is 0 Å². The predicted molar refractivity (Wildman–Crippen MR) is 77.4 cm³/mol. The third-order valence-corrected chi connectivity index (χ3v) is 3.45. The van der Waals surface area contributed by atoms with Crippen LogP contribution in [0.4, 0.5) is 5.69 Å². The van der Waals surface area contributed by atoms with E-state index in [9.17, 15) is 5.11 Å². The molecule has 3 N–H and O–H groups in total. The zero-order valence-electron chi connectivity index (χ0n) is 11.7. The zero-order valence-corrected chi connectivity index (χ0v) is 11.7. The average Bonchev–Trinajstić information content (AvgIpc) is 2.40. The van der Waals surface area contributed by atoms with Crippen molar-refractivity contribution in [2.24, 2.45) is 0 Å². The second-order valence-electron chi connectivity index (χ2n) is 5.27. The summed E-state index contributed by atoms with van der Waals surface area (Å²) in [6, 6.07) is 8.66. The number of nitrogens with one attached hydrogen (secondary N) is 2. The van der Waals surface area contributed by atoms with Crippen LogP contribution in [-0.2, 0) is 4.74 Å². The van der Waals surface area contributed by atoms with Crippen LogP contribution in [0.3, 0.4) is 0 Å². The number of rotatable bonds is 5. The maximum atomic E-state index is 9.77. The van der Waals surface area contributed by atoms with E-state index in [4.69, 9.17) is 4.74 Å². The lowest BCUT2D eigenvalue weighted by Gasteiger charge is -2.27. The highest BCUT2D eigenvalue weighted by Crippen LogP contribution is 2.23. The molecule has 1 aromatic carbocycles. The van der Waals surface area contributed by atoms with E-state index in [0.29, 0.717) is 12.1 Å². The van der Waals surface area contributed by atoms with Crippen molar-refractivity contribution in [2.75, 3.05) is 25.1 Å². The lowest BCUT2D eigenvalue weighted by Crippen LogP contribution is -2.43. The monoisotopic (exact) mass is 264 g/mol. The van der Waals surface area contributed by atoms with E-state index in [2.05, 4.69) is 17.6 Å². The van der Waals surface area contributed by atoms with Crippen LogP contribution in [0.15, 0.2) is 24.3 Å². The molecule has 0 amide bonds. The van der Waals surface area contributed by atoms with Gasteiger partial charge in [-0.25, -0.2) is 0 Å². The lowest BCUT2D eigenvalue weighted by atomic mass is 10.0. The lowest BCUT2D eigenvalue weighted by molar-refractivity contribution is 0.0731. The molecule has 3 atom stereocenters. The molecule has 3 unspecified atom stereocenters. The Kier molecular flexibility index (Phi) is 5.19. The van der Waals surface area contributed by atoms with Crippen LogP contribution in [0.2, 0.25) is 0 Å². The van der Waals surface area contributed by atoms with Gasteiger partial charge in [-0.3, -0.25) is 0 Å². The molecular formula is C15H24N2O2. The summed E-state index contributed by atoms with van der Waals surface area (Å²) >= 11 is 0. The molecule has 0 aliphatic carbocycles. The molecule has 1 heterocycles. The standard InChI is InChI=1S/C15H24N2O2/c1-11(9-13-10-19-8-7-16-13)17-15-6-4-3-5-14(15)12(2)18/h3-6,11-13,16-18H,7-10H2,1-2H3. The number of hydrogen-bond acceptors (Lipinski definition) is 4. The Bertz CT molecular complexity index is 389. The molecule has 4 nitrogen and oxygen atoms in total. The second-order valence-corrected chi connectivity index (χ2v) is 5.27. The summed E-state index contributed by atoms with van der Waals surface area (Å²) in [4.78, 5) is 0. The van der Waals surface area contributed by atoms with Gasteiger partial charge in [0.1, 0.15) is 0 Å². The van der Waals surface area contributed by atoms with E-state index >= 15 is 0 Å². The highest BCUT2D eigenvalue weighted by molar-refractivity contribution is 5.52. The van der Waals surface area contributed by atoms with Gasteiger partial charge in [0.05, 0.1) is 19.3 Å². The molecule has 4 heteroatoms. The van der Waals surface area contributed by atoms with Gasteiger partial charge in [0, 0.05) is 29.9 Å². The quantitative estimate of drug-likeness (QED) is 0.760. The minimum Gasteiger partial charge on any atom is -0.389 e. The van der Waals surface area contributed by atoms with E-state index in [1.165, 1.54) is 0 Å². The normalized spacial score (nSPS) is 22.8. The van der Waals surface area contributed by atoms with Crippen molar-refractivity contribution in [1.82, 2.24) is 5.32 Å². The van der Waals surface area contributed by atoms with E-state index < -0.39 is 6.10 Å². The van der Waals surface area contributed by atoms with Gasteiger partial charge in [0.2, 0.25) is 0 Å². The van der Waals surface area contributed by atoms with Crippen LogP contribution in [0, 0.1) is 0 Å². The zero-order chi connectivity index (χ0) is 13.7. The summed E-state index contributed by atoms with van der Waals surface area (Å²) in [7, 11) is 0. The van der Waals surface area contributed by atoms with E-state index in [-0.39, 0.29) is 0 Å². The molecule has 0 spiro atoms. The van der Waals surface area contributed by atoms with Gasteiger partial charge in [-0.05, 0) is 26.3 Å². The molecule has 0 bridgehead atoms. The maximum absolute atomic E-state index is 9.77. The predicted octanol–water partition coefficient (Wildman–Crippen LogP) is 1.92. The summed E-state index contributed by atoms with van der Waals surface area (Å²) in [5.41, 5.74) is 1.96. The van der Waals surface area contributed by atoms with Crippen molar-refractivity contribution in [3.8, 4) is 0 Å². The van der Waals surface area contributed by atoms with Gasteiger partial charge in [-0.1, -0.05) is 18.2 Å². The molecule has 0 radical (unpaired) electrons. The average molecular weight is 264 g/mol. The SMILES string of the molecule is CC(CC1COCCN1)Nc1ccccc1C(C)O. The van der Waals surface area contributed by atoms with Crippen molar-refractivity contribution in [3.63, 3.8) is 0 Å². The van der Waals surface area contributed by atoms with Crippen LogP contribution < -0.4 is 10.6 Å². The van der Waals surface area contributed by atoms with Crippen molar-refractivity contribution >= 4 is 5.69 Å². The highest BCUT2D eigenvalue weighted by atomic mass is 16.5. The first-order valence-corrected chi connectivity index (χ1v) is 7.01. The molecule has 1 fully saturated rings. The van der Waals surface area contributed by atoms with Crippen molar-refractivity contribution < 1.29 is 9.84 Å². The highest BCUT2D eigenvalue weighted by Gasteiger charge is 2.17. The van der Waals surface area contributed by atoms with Gasteiger partial charge in [-0.15, -0.1) is 0 Å². The topological polar surface area (TPSA) is 53.5 Å². The Labute approximate surface area is 115 Å². The fourth-order valence-corrected chi connectivity index (χ4v) is 2.52. The van der Waals surface area contributed by atoms with Crippen molar-refractivity contribution in [1.29, 1.82) is 0 Å². The molecule has 2 rings (SSSR count). The molecule has 1 saturated heterocycles. The molecule has 19 heavy (non-hydrogen) atoms. The van der Waals surface area contributed by atoms with Gasteiger partial charge >= 0.3 is 0 Å². The summed E-state index contributed by atoms with van der Waals surface area (Å²) in [6.07, 6.45) is 0.556. The number of morpholine rings is 1. The van der Waals surface area contributed by atoms with E-state index in [0.717, 1.165) is 37.4 Å². The molecule has 0 aromatic heterocycles. The Morgan fingerprint density at radius 1 is 1.42 bits per heavy atom. The minimum atomic E-state index is -0.452. The van der Waals surface area contributed by atoms with Crippen molar-refractivity contribution in [3.05, 3.63) is 29.8 Å². The maximum Gasteiger partial charge on any atom is 0.0781 e. The number of benzene rings is 1. The largest absolute Gasteiger partial charge is 0.389 e. The number of anilines is 1. The van der Waals surface area contributed by atoms with E-state index in [1.807, 2.05) is 24.3 Å². The molecular weight excluding hydrogens is 240 g/mol. The molecule has 106 valence electrons. The molecule has 1 aliphatic rings. The number of aliphatic hydroxyl groups is 1. The molecule has 0 saturated carbocycles. The third-order valence-electron chi connectivity index (χ3n) is 3.45. The number of aliphatic hydroxyl groups excluding tert-OH is 1. The summed E-state index contributed by atoms with van der Waals surface area (Å²) in [6.45, 7) is 6.48. The van der Waals surface area contributed by atoms with Gasteiger partial charge in [0.15, 0.2) is 0 Å². The summed E-state index contributed by atoms with van der Waals surface area (Å²) < 4.78 is 5.46. The van der Waals surface area contributed by atoms with Crippen LogP contribution in [0.1, 0.15) is 31.9 Å². The van der Waals surface area contributed by atoms with Gasteiger partial charge in [0.25, 0.3) is 0 Å². The van der Waals surface area contributed by atoms with Crippen LogP contribution in [0.5, 0.6) is 0 Å². The summed E-state index contributed by atoms with van der Waals surface area (Å²) in [5, 5.41) is 16.7. The van der Waals surface area contributed by atoms with Crippen molar-refractivity contribution in [2.45, 2.75) is 38.5 Å². The first kappa shape index (κ1) is 14.3. The molecule has 1 aliphatic heterocycles. The Balaban J connectivity index is 1.92. The third kappa shape index (κ3) is 4.20. The minimum absolute atomic E-state index is 0.332. The first-order chi connectivity index (χ1) is 9.16. The molecule has 1 aromatic rings. The van der Waals surface area contributed by atoms with Crippen LogP contribution >= 0.6 is 0 Å². The number of ether oxygens (including phenoxy) is 1.